The van der Waals surface area contributed by atoms with Gasteiger partial charge in [-0.15, -0.1) is 0 Å². The van der Waals surface area contributed by atoms with E-state index in [0.717, 1.165) is 17.0 Å². The van der Waals surface area contributed by atoms with Crippen LogP contribution in [0.3, 0.4) is 0 Å². The first kappa shape index (κ1) is 20.6. The molecule has 0 saturated carbocycles. The lowest BCUT2D eigenvalue weighted by Crippen LogP contribution is -2.30. The first-order valence-electron chi connectivity index (χ1n) is 9.28. The predicted molar refractivity (Wildman–Crippen MR) is 110 cm³/mol. The van der Waals surface area contributed by atoms with Gasteiger partial charge in [-0.2, -0.15) is 0 Å². The number of anilines is 1. The number of carbonyl (C=O) groups excluding carboxylic acids is 1. The highest BCUT2D eigenvalue weighted by Gasteiger charge is 2.13. The summed E-state index contributed by atoms with van der Waals surface area (Å²) in [6.07, 6.45) is 0.707. The average molecular weight is 370 g/mol. The molecule has 2 rings (SSSR count). The highest BCUT2D eigenvalue weighted by molar-refractivity contribution is 5.89. The van der Waals surface area contributed by atoms with Crippen molar-refractivity contribution in [3.63, 3.8) is 0 Å². The largest absolute Gasteiger partial charge is 0.493 e. The molecule has 0 saturated heterocycles. The monoisotopic (exact) mass is 370 g/mol. The molecule has 2 aromatic rings. The van der Waals surface area contributed by atoms with Crippen LogP contribution in [0.1, 0.15) is 38.8 Å². The van der Waals surface area contributed by atoms with Crippen LogP contribution in [-0.2, 0) is 11.8 Å². The fraction of sp³-hybridized carbons (Fsp3) is 0.409. The molecule has 0 radical (unpaired) electrons. The SMILES string of the molecule is CCOc1ccc(CCNC(=O)Nc2ccc(C(C)(C)C)cc2)cc1OC. The minimum atomic E-state index is -0.212. The maximum atomic E-state index is 12.1. The first-order chi connectivity index (χ1) is 12.8. The molecule has 0 unspecified atom stereocenters. The van der Waals surface area contributed by atoms with Gasteiger partial charge in [-0.3, -0.25) is 0 Å². The Morgan fingerprint density at radius 2 is 1.74 bits per heavy atom. The first-order valence-corrected chi connectivity index (χ1v) is 9.28. The van der Waals surface area contributed by atoms with Gasteiger partial charge in [0.25, 0.3) is 0 Å². The van der Waals surface area contributed by atoms with Crippen molar-refractivity contribution in [1.29, 1.82) is 0 Å². The molecule has 27 heavy (non-hydrogen) atoms. The number of amides is 2. The van der Waals surface area contributed by atoms with Gasteiger partial charge in [-0.25, -0.2) is 4.79 Å². The lowest BCUT2D eigenvalue weighted by atomic mass is 9.87. The lowest BCUT2D eigenvalue weighted by Gasteiger charge is -2.19. The number of nitrogens with one attached hydrogen (secondary N) is 2. The fourth-order valence-corrected chi connectivity index (χ4v) is 2.69. The predicted octanol–water partition coefficient (Wildman–Crippen LogP) is 4.76. The molecule has 0 aliphatic heterocycles. The Balaban J connectivity index is 1.84. The van der Waals surface area contributed by atoms with Crippen LogP contribution < -0.4 is 20.1 Å². The summed E-state index contributed by atoms with van der Waals surface area (Å²) in [7, 11) is 1.62. The molecule has 146 valence electrons. The van der Waals surface area contributed by atoms with E-state index in [0.29, 0.717) is 25.3 Å². The molecule has 5 heteroatoms. The minimum Gasteiger partial charge on any atom is -0.493 e. The topological polar surface area (TPSA) is 59.6 Å². The van der Waals surface area contributed by atoms with Crippen molar-refractivity contribution in [1.82, 2.24) is 5.32 Å². The molecule has 2 N–H and O–H groups in total. The van der Waals surface area contributed by atoms with Crippen molar-refractivity contribution in [3.05, 3.63) is 53.6 Å². The summed E-state index contributed by atoms with van der Waals surface area (Å²) in [5.41, 5.74) is 3.19. The molecule has 0 aliphatic rings. The van der Waals surface area contributed by atoms with E-state index < -0.39 is 0 Å². The van der Waals surface area contributed by atoms with E-state index in [9.17, 15) is 4.79 Å². The molecule has 0 aliphatic carbocycles. The van der Waals surface area contributed by atoms with E-state index in [1.165, 1.54) is 5.56 Å². The molecule has 0 heterocycles. The number of hydrogen-bond donors (Lipinski definition) is 2. The number of methoxy groups -OCH3 is 1. The van der Waals surface area contributed by atoms with Gasteiger partial charge in [-0.1, -0.05) is 39.0 Å². The van der Waals surface area contributed by atoms with Crippen molar-refractivity contribution in [2.75, 3.05) is 25.6 Å². The number of rotatable bonds is 7. The van der Waals surface area contributed by atoms with E-state index in [-0.39, 0.29) is 11.4 Å². The van der Waals surface area contributed by atoms with Crippen LogP contribution in [0.25, 0.3) is 0 Å². The summed E-state index contributed by atoms with van der Waals surface area (Å²) in [4.78, 5) is 12.1. The molecule has 2 aromatic carbocycles. The standard InChI is InChI=1S/C22H30N2O3/c1-6-27-19-12-7-16(15-20(19)26-5)13-14-23-21(25)24-18-10-8-17(9-11-18)22(2,3)4/h7-12,15H,6,13-14H2,1-5H3,(H2,23,24,25). The van der Waals surface area contributed by atoms with Gasteiger partial charge in [-0.05, 0) is 54.2 Å². The maximum absolute atomic E-state index is 12.1. The van der Waals surface area contributed by atoms with Crippen LogP contribution in [0, 0.1) is 0 Å². The van der Waals surface area contributed by atoms with Gasteiger partial charge in [0, 0.05) is 12.2 Å². The van der Waals surface area contributed by atoms with Gasteiger partial charge >= 0.3 is 6.03 Å². The molecule has 0 spiro atoms. The molecule has 5 nitrogen and oxygen atoms in total. The third-order valence-corrected chi connectivity index (χ3v) is 4.24. The van der Waals surface area contributed by atoms with E-state index in [1.807, 2.05) is 49.4 Å². The van der Waals surface area contributed by atoms with Crippen LogP contribution in [0.2, 0.25) is 0 Å². The second kappa shape index (κ2) is 9.31. The number of urea groups is 1. The van der Waals surface area contributed by atoms with Gasteiger partial charge < -0.3 is 20.1 Å². The van der Waals surface area contributed by atoms with Crippen LogP contribution in [0.4, 0.5) is 10.5 Å². The highest BCUT2D eigenvalue weighted by Crippen LogP contribution is 2.28. The molecule has 0 atom stereocenters. The van der Waals surface area contributed by atoms with Gasteiger partial charge in [0.2, 0.25) is 0 Å². The van der Waals surface area contributed by atoms with Crippen LogP contribution in [-0.4, -0.2) is 26.3 Å². The van der Waals surface area contributed by atoms with Crippen LogP contribution in [0.5, 0.6) is 11.5 Å². The highest BCUT2D eigenvalue weighted by atomic mass is 16.5. The summed E-state index contributed by atoms with van der Waals surface area (Å²) in [5, 5.41) is 5.74. The Labute approximate surface area is 162 Å². The van der Waals surface area contributed by atoms with Gasteiger partial charge in [0.15, 0.2) is 11.5 Å². The van der Waals surface area contributed by atoms with Crippen molar-refractivity contribution < 1.29 is 14.3 Å². The second-order valence-corrected chi connectivity index (χ2v) is 7.38. The smallest absolute Gasteiger partial charge is 0.319 e. The van der Waals surface area contributed by atoms with E-state index in [4.69, 9.17) is 9.47 Å². The zero-order chi connectivity index (χ0) is 19.9. The minimum absolute atomic E-state index is 0.0968. The molecule has 0 fully saturated rings. The Morgan fingerprint density at radius 3 is 2.33 bits per heavy atom. The Hall–Kier alpha value is -2.69. The fourth-order valence-electron chi connectivity index (χ4n) is 2.69. The summed E-state index contributed by atoms with van der Waals surface area (Å²) in [6, 6.07) is 13.6. The summed E-state index contributed by atoms with van der Waals surface area (Å²) >= 11 is 0. The number of carbonyl (C=O) groups is 1. The average Bonchev–Trinajstić information content (AvgIpc) is 2.62. The number of hydrogen-bond acceptors (Lipinski definition) is 3. The van der Waals surface area contributed by atoms with E-state index in [2.05, 4.69) is 31.4 Å². The van der Waals surface area contributed by atoms with Gasteiger partial charge in [0.1, 0.15) is 0 Å². The Bertz CT molecular complexity index is 749. The number of ether oxygens (including phenoxy) is 2. The maximum Gasteiger partial charge on any atom is 0.319 e. The normalized spacial score (nSPS) is 11.0. The van der Waals surface area contributed by atoms with E-state index in [1.54, 1.807) is 7.11 Å². The summed E-state index contributed by atoms with van der Waals surface area (Å²) < 4.78 is 10.9. The molecular weight excluding hydrogens is 340 g/mol. The second-order valence-electron chi connectivity index (χ2n) is 7.38. The Kier molecular flexibility index (Phi) is 7.11. The van der Waals surface area contributed by atoms with Crippen molar-refractivity contribution in [2.24, 2.45) is 0 Å². The van der Waals surface area contributed by atoms with Crippen molar-refractivity contribution in [2.45, 2.75) is 39.5 Å². The van der Waals surface area contributed by atoms with Crippen molar-refractivity contribution >= 4 is 11.7 Å². The quantitative estimate of drug-likeness (QED) is 0.739. The molecular formula is C22H30N2O3. The van der Waals surface area contributed by atoms with Crippen molar-refractivity contribution in [3.8, 4) is 11.5 Å². The summed E-state index contributed by atoms with van der Waals surface area (Å²) in [5.74, 6) is 1.44. The van der Waals surface area contributed by atoms with Crippen LogP contribution in [0.15, 0.2) is 42.5 Å². The third-order valence-electron chi connectivity index (χ3n) is 4.24. The lowest BCUT2D eigenvalue weighted by molar-refractivity contribution is 0.252. The summed E-state index contributed by atoms with van der Waals surface area (Å²) in [6.45, 7) is 9.55. The zero-order valence-electron chi connectivity index (χ0n) is 16.9. The molecule has 2 amide bonds. The molecule has 0 bridgehead atoms. The van der Waals surface area contributed by atoms with Crippen LogP contribution >= 0.6 is 0 Å². The Morgan fingerprint density at radius 1 is 1.04 bits per heavy atom. The zero-order valence-corrected chi connectivity index (χ0v) is 16.9. The van der Waals surface area contributed by atoms with E-state index >= 15 is 0 Å². The molecule has 0 aromatic heterocycles. The van der Waals surface area contributed by atoms with Gasteiger partial charge in [0.05, 0.1) is 13.7 Å². The number of benzene rings is 2. The third kappa shape index (κ3) is 6.20.